The lowest BCUT2D eigenvalue weighted by atomic mass is 10.1. The van der Waals surface area contributed by atoms with Crippen molar-refractivity contribution in [2.24, 2.45) is 5.73 Å². The van der Waals surface area contributed by atoms with Crippen molar-refractivity contribution in [2.45, 2.75) is 19.9 Å². The van der Waals surface area contributed by atoms with Gasteiger partial charge in [0.15, 0.2) is 0 Å². The summed E-state index contributed by atoms with van der Waals surface area (Å²) in [7, 11) is 0. The molecule has 0 spiro atoms. The minimum absolute atomic E-state index is 0.0380. The number of hydrogen-bond acceptors (Lipinski definition) is 4. The summed E-state index contributed by atoms with van der Waals surface area (Å²) in [6, 6.07) is 10.4. The molecule has 1 aromatic carbocycles. The molecule has 0 saturated heterocycles. The monoisotopic (exact) mass is 269 g/mol. The third-order valence-corrected chi connectivity index (χ3v) is 4.30. The first kappa shape index (κ1) is 12.3. The molecule has 0 aliphatic carbocycles. The van der Waals surface area contributed by atoms with Crippen LogP contribution in [0.5, 0.6) is 0 Å². The van der Waals surface area contributed by atoms with Gasteiger partial charge in [-0.1, -0.05) is 6.07 Å². The topological polar surface area (TPSA) is 51.8 Å². The van der Waals surface area contributed by atoms with Gasteiger partial charge in [-0.05, 0) is 38.1 Å². The molecule has 3 rings (SSSR count). The maximum Gasteiger partial charge on any atom is 0.123 e. The van der Waals surface area contributed by atoms with Gasteiger partial charge in [0.25, 0.3) is 0 Å². The quantitative estimate of drug-likeness (QED) is 0.772. The number of fused-ring (bicyclic) bond motifs is 1. The largest absolute Gasteiger partial charge is 0.323 e. The van der Waals surface area contributed by atoms with Gasteiger partial charge in [0.2, 0.25) is 0 Å². The SMILES string of the molecule is Cc1ccc2cc(-c3ncc(C(C)N)s3)ccc2n1. The van der Waals surface area contributed by atoms with E-state index in [9.17, 15) is 0 Å². The van der Waals surface area contributed by atoms with Crippen molar-refractivity contribution in [3.05, 3.63) is 47.1 Å². The minimum Gasteiger partial charge on any atom is -0.323 e. The van der Waals surface area contributed by atoms with Gasteiger partial charge in [-0.15, -0.1) is 11.3 Å². The van der Waals surface area contributed by atoms with Crippen molar-refractivity contribution in [2.75, 3.05) is 0 Å². The average Bonchev–Trinajstić information content (AvgIpc) is 2.88. The van der Waals surface area contributed by atoms with E-state index in [1.807, 2.05) is 32.2 Å². The number of thiazole rings is 1. The highest BCUT2D eigenvalue weighted by atomic mass is 32.1. The molecule has 4 heteroatoms. The van der Waals surface area contributed by atoms with Gasteiger partial charge in [0.1, 0.15) is 5.01 Å². The van der Waals surface area contributed by atoms with Crippen LogP contribution in [0.1, 0.15) is 23.5 Å². The predicted molar refractivity (Wildman–Crippen MR) is 80.2 cm³/mol. The summed E-state index contributed by atoms with van der Waals surface area (Å²) in [5, 5.41) is 2.15. The van der Waals surface area contributed by atoms with Crippen LogP contribution in [-0.2, 0) is 0 Å². The van der Waals surface area contributed by atoms with E-state index >= 15 is 0 Å². The number of benzene rings is 1. The summed E-state index contributed by atoms with van der Waals surface area (Å²) >= 11 is 1.65. The van der Waals surface area contributed by atoms with E-state index in [1.165, 1.54) is 0 Å². The van der Waals surface area contributed by atoms with Gasteiger partial charge in [-0.25, -0.2) is 4.98 Å². The average molecular weight is 269 g/mol. The molecule has 0 saturated carbocycles. The Morgan fingerprint density at radius 1 is 1.21 bits per heavy atom. The molecule has 3 nitrogen and oxygen atoms in total. The van der Waals surface area contributed by atoms with Gasteiger partial charge in [0, 0.05) is 33.8 Å². The Kier molecular flexibility index (Phi) is 3.05. The zero-order chi connectivity index (χ0) is 13.4. The summed E-state index contributed by atoms with van der Waals surface area (Å²) < 4.78 is 0. The third-order valence-electron chi connectivity index (χ3n) is 3.05. The fourth-order valence-corrected chi connectivity index (χ4v) is 2.86. The van der Waals surface area contributed by atoms with E-state index in [-0.39, 0.29) is 6.04 Å². The molecular weight excluding hydrogens is 254 g/mol. The van der Waals surface area contributed by atoms with E-state index in [2.05, 4.69) is 28.2 Å². The summed E-state index contributed by atoms with van der Waals surface area (Å²) in [5.41, 5.74) is 9.05. The molecule has 0 bridgehead atoms. The van der Waals surface area contributed by atoms with E-state index in [4.69, 9.17) is 5.73 Å². The molecule has 2 heterocycles. The van der Waals surface area contributed by atoms with Crippen molar-refractivity contribution >= 4 is 22.2 Å². The highest BCUT2D eigenvalue weighted by Gasteiger charge is 2.08. The number of nitrogens with two attached hydrogens (primary N) is 1. The van der Waals surface area contributed by atoms with E-state index in [0.29, 0.717) is 0 Å². The van der Waals surface area contributed by atoms with Crippen LogP contribution in [0.2, 0.25) is 0 Å². The van der Waals surface area contributed by atoms with E-state index in [0.717, 1.165) is 32.0 Å². The minimum atomic E-state index is 0.0380. The smallest absolute Gasteiger partial charge is 0.123 e. The van der Waals surface area contributed by atoms with E-state index < -0.39 is 0 Å². The van der Waals surface area contributed by atoms with E-state index in [1.54, 1.807) is 11.3 Å². The molecule has 0 amide bonds. The number of hydrogen-bond donors (Lipinski definition) is 1. The lowest BCUT2D eigenvalue weighted by molar-refractivity contribution is 0.835. The summed E-state index contributed by atoms with van der Waals surface area (Å²) in [6.45, 7) is 3.98. The van der Waals surface area contributed by atoms with Gasteiger partial charge < -0.3 is 5.73 Å². The van der Waals surface area contributed by atoms with Crippen LogP contribution in [0.15, 0.2) is 36.5 Å². The molecular formula is C15H15N3S. The fraction of sp³-hybridized carbons (Fsp3) is 0.200. The lowest BCUT2D eigenvalue weighted by Gasteiger charge is -2.02. The second kappa shape index (κ2) is 4.72. The molecule has 19 heavy (non-hydrogen) atoms. The number of aryl methyl sites for hydroxylation is 1. The number of aromatic nitrogens is 2. The lowest BCUT2D eigenvalue weighted by Crippen LogP contribution is -2.01. The summed E-state index contributed by atoms with van der Waals surface area (Å²) in [4.78, 5) is 10.1. The van der Waals surface area contributed by atoms with Crippen molar-refractivity contribution < 1.29 is 0 Å². The molecule has 0 aliphatic heterocycles. The molecule has 3 aromatic rings. The van der Waals surface area contributed by atoms with Crippen LogP contribution < -0.4 is 5.73 Å². The fourth-order valence-electron chi connectivity index (χ4n) is 1.99. The molecule has 1 unspecified atom stereocenters. The van der Waals surface area contributed by atoms with Crippen LogP contribution in [0.25, 0.3) is 21.5 Å². The molecule has 2 aromatic heterocycles. The highest BCUT2D eigenvalue weighted by Crippen LogP contribution is 2.29. The molecule has 0 aliphatic rings. The second-order valence-corrected chi connectivity index (χ2v) is 5.78. The Labute approximate surface area is 116 Å². The number of nitrogens with zero attached hydrogens (tertiary/aromatic N) is 2. The van der Waals surface area contributed by atoms with Crippen LogP contribution in [0.4, 0.5) is 0 Å². The predicted octanol–water partition coefficient (Wildman–Crippen LogP) is 3.69. The Hall–Kier alpha value is -1.78. The van der Waals surface area contributed by atoms with Gasteiger partial charge in [0.05, 0.1) is 5.52 Å². The van der Waals surface area contributed by atoms with Gasteiger partial charge in [-0.2, -0.15) is 0 Å². The first-order valence-corrected chi connectivity index (χ1v) is 7.04. The number of pyridine rings is 1. The zero-order valence-electron chi connectivity index (χ0n) is 10.9. The van der Waals surface area contributed by atoms with Crippen molar-refractivity contribution in [3.63, 3.8) is 0 Å². The molecule has 1 atom stereocenters. The molecule has 0 fully saturated rings. The van der Waals surface area contributed by atoms with Crippen molar-refractivity contribution in [3.8, 4) is 10.6 Å². The van der Waals surface area contributed by atoms with Crippen molar-refractivity contribution in [1.29, 1.82) is 0 Å². The van der Waals surface area contributed by atoms with Crippen LogP contribution in [0.3, 0.4) is 0 Å². The second-order valence-electron chi connectivity index (χ2n) is 4.72. The van der Waals surface area contributed by atoms with Gasteiger partial charge >= 0.3 is 0 Å². The highest BCUT2D eigenvalue weighted by molar-refractivity contribution is 7.15. The Bertz CT molecular complexity index is 731. The normalized spacial score (nSPS) is 12.8. The number of rotatable bonds is 2. The van der Waals surface area contributed by atoms with Crippen LogP contribution >= 0.6 is 11.3 Å². The van der Waals surface area contributed by atoms with Crippen LogP contribution in [-0.4, -0.2) is 9.97 Å². The van der Waals surface area contributed by atoms with Crippen molar-refractivity contribution in [1.82, 2.24) is 9.97 Å². The Morgan fingerprint density at radius 2 is 2.05 bits per heavy atom. The third kappa shape index (κ3) is 2.37. The molecule has 96 valence electrons. The first-order valence-electron chi connectivity index (χ1n) is 6.22. The zero-order valence-corrected chi connectivity index (χ0v) is 11.7. The first-order chi connectivity index (χ1) is 9.13. The molecule has 2 N–H and O–H groups in total. The van der Waals surface area contributed by atoms with Gasteiger partial charge in [-0.3, -0.25) is 4.98 Å². The maximum atomic E-state index is 5.87. The summed E-state index contributed by atoms with van der Waals surface area (Å²) in [6.07, 6.45) is 1.86. The van der Waals surface area contributed by atoms with Crippen LogP contribution in [0, 0.1) is 6.92 Å². The Morgan fingerprint density at radius 3 is 2.79 bits per heavy atom. The Balaban J connectivity index is 2.07. The summed E-state index contributed by atoms with van der Waals surface area (Å²) in [5.74, 6) is 0. The maximum absolute atomic E-state index is 5.87. The standard InChI is InChI=1S/C15H15N3S/c1-9-3-4-11-7-12(5-6-13(11)18-9)15-17-8-14(19-15)10(2)16/h3-8,10H,16H2,1-2H3. The molecule has 0 radical (unpaired) electrons.